The van der Waals surface area contributed by atoms with E-state index in [0.717, 1.165) is 4.31 Å². The molecule has 1 amide bonds. The first kappa shape index (κ1) is 21.6. The fourth-order valence-corrected chi connectivity index (χ4v) is 4.51. The Bertz CT molecular complexity index is 886. The van der Waals surface area contributed by atoms with Gasteiger partial charge in [0.2, 0.25) is 10.0 Å². The monoisotopic (exact) mass is 406 g/mol. The number of Topliss-reactive ketones (excluding diaryl/α,β-unsaturated/α-hetero) is 1. The van der Waals surface area contributed by atoms with Crippen LogP contribution in [0.15, 0.2) is 29.2 Å². The molecule has 1 saturated heterocycles. The number of sulfonamides is 1. The second kappa shape index (κ2) is 9.48. The van der Waals surface area contributed by atoms with Crippen LogP contribution in [0.1, 0.15) is 36.5 Å². The molecule has 9 heteroatoms. The van der Waals surface area contributed by atoms with Crippen LogP contribution in [0.3, 0.4) is 0 Å². The van der Waals surface area contributed by atoms with Crippen molar-refractivity contribution in [3.63, 3.8) is 0 Å². The Hall–Kier alpha value is -2.70. The van der Waals surface area contributed by atoms with Crippen LogP contribution in [0.5, 0.6) is 0 Å². The lowest BCUT2D eigenvalue weighted by molar-refractivity contribution is -0.153. The van der Waals surface area contributed by atoms with E-state index in [2.05, 4.69) is 11.2 Å². The molecule has 1 fully saturated rings. The summed E-state index contributed by atoms with van der Waals surface area (Å²) in [5.41, 5.74) is 0.395. The smallest absolute Gasteiger partial charge is 0.324 e. The third-order valence-electron chi connectivity index (χ3n) is 4.33. The van der Waals surface area contributed by atoms with Crippen LogP contribution in [0, 0.1) is 12.3 Å². The zero-order valence-corrected chi connectivity index (χ0v) is 16.3. The lowest BCUT2D eigenvalue weighted by Gasteiger charge is -2.33. The Balaban J connectivity index is 2.14. The lowest BCUT2D eigenvalue weighted by Crippen LogP contribution is -2.49. The van der Waals surface area contributed by atoms with Gasteiger partial charge in [0, 0.05) is 12.1 Å². The average Bonchev–Trinajstić information content (AvgIpc) is 2.70. The molecule has 1 aliphatic rings. The Labute approximate surface area is 164 Å². The van der Waals surface area contributed by atoms with E-state index in [9.17, 15) is 22.8 Å². The maximum absolute atomic E-state index is 13.0. The summed E-state index contributed by atoms with van der Waals surface area (Å²) in [6.07, 6.45) is 6.61. The van der Waals surface area contributed by atoms with Gasteiger partial charge in [-0.2, -0.15) is 4.31 Å². The van der Waals surface area contributed by atoms with Gasteiger partial charge < -0.3 is 10.1 Å². The summed E-state index contributed by atoms with van der Waals surface area (Å²) in [6.45, 7) is 1.04. The maximum Gasteiger partial charge on any atom is 0.324 e. The third-order valence-corrected chi connectivity index (χ3v) is 6.25. The summed E-state index contributed by atoms with van der Waals surface area (Å²) >= 11 is 0. The van der Waals surface area contributed by atoms with Gasteiger partial charge in [0.15, 0.2) is 12.4 Å². The number of rotatable bonds is 7. The highest BCUT2D eigenvalue weighted by Gasteiger charge is 2.38. The summed E-state index contributed by atoms with van der Waals surface area (Å²) in [5.74, 6) is 0.713. The van der Waals surface area contributed by atoms with Gasteiger partial charge in [-0.3, -0.25) is 14.4 Å². The molecule has 1 N–H and O–H groups in total. The van der Waals surface area contributed by atoms with Gasteiger partial charge in [0.25, 0.3) is 5.91 Å². The number of amides is 1. The van der Waals surface area contributed by atoms with Gasteiger partial charge in [-0.15, -0.1) is 6.42 Å². The molecule has 0 bridgehead atoms. The molecule has 1 aromatic rings. The van der Waals surface area contributed by atoms with E-state index >= 15 is 0 Å². The van der Waals surface area contributed by atoms with Crippen molar-refractivity contribution in [2.75, 3.05) is 19.7 Å². The molecule has 0 aromatic heterocycles. The Morgan fingerprint density at radius 1 is 1.25 bits per heavy atom. The quantitative estimate of drug-likeness (QED) is 0.406. The summed E-state index contributed by atoms with van der Waals surface area (Å²) in [4.78, 5) is 35.3. The second-order valence-electron chi connectivity index (χ2n) is 6.30. The fourth-order valence-electron chi connectivity index (χ4n) is 2.86. The van der Waals surface area contributed by atoms with Crippen molar-refractivity contribution in [2.24, 2.45) is 0 Å². The van der Waals surface area contributed by atoms with Crippen LogP contribution in [-0.4, -0.2) is 56.1 Å². The van der Waals surface area contributed by atoms with Crippen molar-refractivity contribution in [2.45, 2.75) is 37.1 Å². The number of nitrogens with zero attached hydrogens (tertiary/aromatic N) is 1. The van der Waals surface area contributed by atoms with Crippen molar-refractivity contribution in [3.8, 4) is 12.3 Å². The minimum Gasteiger partial charge on any atom is -0.454 e. The summed E-state index contributed by atoms with van der Waals surface area (Å²) in [6, 6.07) is 4.55. The molecule has 28 heavy (non-hydrogen) atoms. The third kappa shape index (κ3) is 5.18. The second-order valence-corrected chi connectivity index (χ2v) is 8.19. The predicted molar refractivity (Wildman–Crippen MR) is 101 cm³/mol. The van der Waals surface area contributed by atoms with Crippen molar-refractivity contribution in [1.29, 1.82) is 0 Å². The Morgan fingerprint density at radius 2 is 1.93 bits per heavy atom. The van der Waals surface area contributed by atoms with E-state index in [-0.39, 0.29) is 23.8 Å². The Kier molecular flexibility index (Phi) is 7.31. The molecule has 1 unspecified atom stereocenters. The van der Waals surface area contributed by atoms with Crippen LogP contribution in [0.4, 0.5) is 0 Å². The van der Waals surface area contributed by atoms with Crippen LogP contribution in [0.25, 0.3) is 0 Å². The average molecular weight is 406 g/mol. The molecule has 1 heterocycles. The molecule has 1 aromatic carbocycles. The first-order valence-corrected chi connectivity index (χ1v) is 10.2. The number of ether oxygens (including phenoxy) is 1. The van der Waals surface area contributed by atoms with E-state index in [1.807, 2.05) is 0 Å². The van der Waals surface area contributed by atoms with Crippen LogP contribution in [0.2, 0.25) is 0 Å². The number of hydrogen-bond donors (Lipinski definition) is 1. The van der Waals surface area contributed by atoms with Gasteiger partial charge in [-0.05, 0) is 38.3 Å². The number of hydrogen-bond acceptors (Lipinski definition) is 6. The lowest BCUT2D eigenvalue weighted by atomic mass is 10.1. The van der Waals surface area contributed by atoms with Gasteiger partial charge in [0.05, 0.1) is 11.4 Å². The zero-order chi connectivity index (χ0) is 20.7. The topological polar surface area (TPSA) is 110 Å². The van der Waals surface area contributed by atoms with Crippen LogP contribution < -0.4 is 5.32 Å². The molecule has 1 aliphatic heterocycles. The number of benzene rings is 1. The number of carbonyl (C=O) groups is 3. The number of nitrogens with one attached hydrogen (secondary N) is 1. The van der Waals surface area contributed by atoms with Gasteiger partial charge in [-0.25, -0.2) is 8.42 Å². The number of piperidine rings is 1. The number of esters is 1. The van der Waals surface area contributed by atoms with Crippen molar-refractivity contribution >= 4 is 27.7 Å². The molecule has 1 atom stereocenters. The van der Waals surface area contributed by atoms with E-state index < -0.39 is 34.5 Å². The maximum atomic E-state index is 13.0. The molecule has 2 rings (SSSR count). The molecule has 0 radical (unpaired) electrons. The first-order valence-electron chi connectivity index (χ1n) is 8.77. The SMILES string of the molecule is C#CCNC(=O)COC(=O)C1CCCCN1S(=O)(=O)c1ccc(C(C)=O)cc1. The standard InChI is InChI=1S/C19H22N2O6S/c1-3-11-20-18(23)13-27-19(24)17-6-4-5-12-21(17)28(25,26)16-9-7-15(8-10-16)14(2)22/h1,7-10,17H,4-6,11-13H2,2H3,(H,20,23). The largest absolute Gasteiger partial charge is 0.454 e. The number of terminal acetylenes is 1. The fraction of sp³-hybridized carbons (Fsp3) is 0.421. The molecule has 0 aliphatic carbocycles. The first-order chi connectivity index (χ1) is 13.3. The molecular weight excluding hydrogens is 384 g/mol. The minimum atomic E-state index is -3.96. The van der Waals surface area contributed by atoms with Crippen molar-refractivity contribution in [3.05, 3.63) is 29.8 Å². The molecule has 0 spiro atoms. The molecule has 8 nitrogen and oxygen atoms in total. The summed E-state index contributed by atoms with van der Waals surface area (Å²) in [5, 5.41) is 2.36. The number of carbonyl (C=O) groups excluding carboxylic acids is 3. The Morgan fingerprint density at radius 3 is 2.54 bits per heavy atom. The minimum absolute atomic E-state index is 0.0102. The highest BCUT2D eigenvalue weighted by atomic mass is 32.2. The van der Waals surface area contributed by atoms with Crippen LogP contribution in [-0.2, 0) is 24.3 Å². The van der Waals surface area contributed by atoms with Gasteiger partial charge >= 0.3 is 5.97 Å². The molecule has 150 valence electrons. The van der Waals surface area contributed by atoms with E-state index in [1.54, 1.807) is 0 Å². The van der Waals surface area contributed by atoms with Crippen molar-refractivity contribution < 1.29 is 27.5 Å². The normalized spacial score (nSPS) is 17.4. The zero-order valence-electron chi connectivity index (χ0n) is 15.5. The highest BCUT2D eigenvalue weighted by molar-refractivity contribution is 7.89. The number of ketones is 1. The molecular formula is C19H22N2O6S. The summed E-state index contributed by atoms with van der Waals surface area (Å²) in [7, 11) is -3.96. The van der Waals surface area contributed by atoms with E-state index in [4.69, 9.17) is 11.2 Å². The summed E-state index contributed by atoms with van der Waals surface area (Å²) < 4.78 is 32.1. The van der Waals surface area contributed by atoms with Crippen molar-refractivity contribution in [1.82, 2.24) is 9.62 Å². The van der Waals surface area contributed by atoms with Crippen LogP contribution >= 0.6 is 0 Å². The van der Waals surface area contributed by atoms with E-state index in [1.165, 1.54) is 31.2 Å². The van der Waals surface area contributed by atoms with E-state index in [0.29, 0.717) is 24.8 Å². The highest BCUT2D eigenvalue weighted by Crippen LogP contribution is 2.26. The predicted octanol–water partition coefficient (Wildman–Crippen LogP) is 0.725. The van der Waals surface area contributed by atoms with Gasteiger partial charge in [0.1, 0.15) is 6.04 Å². The van der Waals surface area contributed by atoms with Gasteiger partial charge in [-0.1, -0.05) is 18.1 Å². The molecule has 0 saturated carbocycles.